The van der Waals surface area contributed by atoms with Crippen molar-refractivity contribution in [2.24, 2.45) is 0 Å². The lowest BCUT2D eigenvalue weighted by molar-refractivity contribution is -0.175. The highest BCUT2D eigenvalue weighted by atomic mass is 19.1. The number of carbonyl (C=O) groups is 1. The van der Waals surface area contributed by atoms with Crippen molar-refractivity contribution in [3.05, 3.63) is 53.6 Å². The van der Waals surface area contributed by atoms with Gasteiger partial charge >= 0.3 is 5.97 Å². The van der Waals surface area contributed by atoms with Gasteiger partial charge in [-0.15, -0.1) is 0 Å². The maximum atomic E-state index is 13.6. The number of H-pyrrole nitrogens is 1. The summed E-state index contributed by atoms with van der Waals surface area (Å²) >= 11 is 0. The largest absolute Gasteiger partial charge is 0.479 e. The number of aromatic amines is 1. The minimum absolute atomic E-state index is 0.00878. The fourth-order valence-electron chi connectivity index (χ4n) is 4.82. The van der Waals surface area contributed by atoms with Gasteiger partial charge in [-0.2, -0.15) is 5.10 Å². The van der Waals surface area contributed by atoms with Gasteiger partial charge in [-0.25, -0.2) is 14.2 Å². The Kier molecular flexibility index (Phi) is 4.37. The lowest BCUT2D eigenvalue weighted by Gasteiger charge is -2.43. The summed E-state index contributed by atoms with van der Waals surface area (Å²) in [6.45, 7) is 4.20. The zero-order valence-electron chi connectivity index (χ0n) is 17.5. The van der Waals surface area contributed by atoms with Crippen LogP contribution in [0.2, 0.25) is 0 Å². The number of ether oxygens (including phenoxy) is 1. The van der Waals surface area contributed by atoms with E-state index in [2.05, 4.69) is 28.6 Å². The monoisotopic (exact) mass is 422 g/mol. The molecule has 1 aromatic carbocycles. The molecule has 4 aromatic rings. The second-order valence-corrected chi connectivity index (χ2v) is 8.54. The van der Waals surface area contributed by atoms with E-state index in [-0.39, 0.29) is 17.7 Å². The van der Waals surface area contributed by atoms with Crippen LogP contribution >= 0.6 is 0 Å². The summed E-state index contributed by atoms with van der Waals surface area (Å²) in [5.41, 5.74) is 4.13. The highest BCUT2D eigenvalue weighted by Crippen LogP contribution is 2.51. The Balaban J connectivity index is 1.79. The fraction of sp³-hybridized carbons (Fsp3) is 0.348. The Bertz CT molecular complexity index is 1300. The first-order valence-electron chi connectivity index (χ1n) is 10.3. The predicted molar refractivity (Wildman–Crippen MR) is 114 cm³/mol. The molecule has 160 valence electrons. The van der Waals surface area contributed by atoms with Crippen molar-refractivity contribution in [1.82, 2.24) is 19.7 Å². The predicted octanol–water partition coefficient (Wildman–Crippen LogP) is 4.51. The molecule has 0 spiro atoms. The Hall–Kier alpha value is -3.26. The van der Waals surface area contributed by atoms with Gasteiger partial charge in [0.15, 0.2) is 11.2 Å². The highest BCUT2D eigenvalue weighted by molar-refractivity contribution is 5.94. The lowest BCUT2D eigenvalue weighted by Crippen LogP contribution is -2.51. The number of nitrogens with one attached hydrogen (secondary N) is 1. The van der Waals surface area contributed by atoms with Crippen LogP contribution in [0.15, 0.2) is 36.5 Å². The SMILES string of the molecule is CO[C@]1(C(=O)O)C[C@H](c2c(C(C)C)n(-c3ccc(F)cc3)c3cc4cn[nH]c4nc32)C1. The van der Waals surface area contributed by atoms with E-state index in [4.69, 9.17) is 9.72 Å². The Morgan fingerprint density at radius 2 is 2.03 bits per heavy atom. The number of aromatic nitrogens is 4. The number of carboxylic acid groups (broad SMARTS) is 1. The molecule has 1 saturated carbocycles. The topological polar surface area (TPSA) is 93.0 Å². The number of methoxy groups -OCH3 is 1. The summed E-state index contributed by atoms with van der Waals surface area (Å²) in [5, 5.41) is 17.6. The van der Waals surface area contributed by atoms with Crippen LogP contribution in [-0.4, -0.2) is 43.5 Å². The average Bonchev–Trinajstić information content (AvgIpc) is 3.28. The average molecular weight is 422 g/mol. The van der Waals surface area contributed by atoms with Crippen LogP contribution < -0.4 is 0 Å². The molecule has 0 amide bonds. The molecule has 1 aliphatic rings. The first-order valence-corrected chi connectivity index (χ1v) is 10.3. The molecule has 0 aliphatic heterocycles. The number of carboxylic acids is 1. The molecule has 1 aliphatic carbocycles. The van der Waals surface area contributed by atoms with Crippen LogP contribution in [0.4, 0.5) is 4.39 Å². The molecule has 0 unspecified atom stereocenters. The van der Waals surface area contributed by atoms with Gasteiger partial charge in [-0.05, 0) is 55.0 Å². The van der Waals surface area contributed by atoms with Crippen LogP contribution in [0, 0.1) is 5.82 Å². The van der Waals surface area contributed by atoms with Gasteiger partial charge in [0.1, 0.15) is 5.82 Å². The number of pyridine rings is 1. The van der Waals surface area contributed by atoms with E-state index in [9.17, 15) is 14.3 Å². The van der Waals surface area contributed by atoms with Crippen molar-refractivity contribution in [3.8, 4) is 5.69 Å². The van der Waals surface area contributed by atoms with Gasteiger partial charge < -0.3 is 14.4 Å². The van der Waals surface area contributed by atoms with E-state index >= 15 is 0 Å². The zero-order valence-corrected chi connectivity index (χ0v) is 17.5. The summed E-state index contributed by atoms with van der Waals surface area (Å²) in [7, 11) is 1.45. The molecular weight excluding hydrogens is 399 g/mol. The van der Waals surface area contributed by atoms with Crippen molar-refractivity contribution in [3.63, 3.8) is 0 Å². The number of hydrogen-bond donors (Lipinski definition) is 2. The molecular formula is C23H23FN4O3. The van der Waals surface area contributed by atoms with E-state index in [1.54, 1.807) is 18.3 Å². The van der Waals surface area contributed by atoms with Crippen molar-refractivity contribution in [2.75, 3.05) is 7.11 Å². The van der Waals surface area contributed by atoms with Gasteiger partial charge in [0.05, 0.1) is 17.2 Å². The molecule has 0 radical (unpaired) electrons. The molecule has 8 heteroatoms. The lowest BCUT2D eigenvalue weighted by atomic mass is 9.67. The van der Waals surface area contributed by atoms with Crippen LogP contribution in [0.5, 0.6) is 0 Å². The molecule has 5 rings (SSSR count). The fourth-order valence-corrected chi connectivity index (χ4v) is 4.82. The van der Waals surface area contributed by atoms with Crippen molar-refractivity contribution >= 4 is 28.0 Å². The molecule has 3 heterocycles. The van der Waals surface area contributed by atoms with Crippen LogP contribution in [0.3, 0.4) is 0 Å². The summed E-state index contributed by atoms with van der Waals surface area (Å²) < 4.78 is 21.1. The van der Waals surface area contributed by atoms with Gasteiger partial charge in [0.25, 0.3) is 0 Å². The Labute approximate surface area is 177 Å². The van der Waals surface area contributed by atoms with E-state index in [0.29, 0.717) is 18.5 Å². The third-order valence-electron chi connectivity index (χ3n) is 6.39. The molecule has 7 nitrogen and oxygen atoms in total. The van der Waals surface area contributed by atoms with Gasteiger partial charge in [0, 0.05) is 29.4 Å². The molecule has 3 aromatic heterocycles. The van der Waals surface area contributed by atoms with Crippen LogP contribution in [0.25, 0.3) is 27.8 Å². The molecule has 1 fully saturated rings. The number of nitrogens with zero attached hydrogens (tertiary/aromatic N) is 3. The van der Waals surface area contributed by atoms with Crippen molar-refractivity contribution < 1.29 is 19.0 Å². The second kappa shape index (κ2) is 6.88. The minimum atomic E-state index is -1.17. The summed E-state index contributed by atoms with van der Waals surface area (Å²) in [6.07, 6.45) is 2.48. The van der Waals surface area contributed by atoms with E-state index in [0.717, 1.165) is 33.4 Å². The summed E-state index contributed by atoms with van der Waals surface area (Å²) in [5.74, 6) is -1.12. The van der Waals surface area contributed by atoms with Gasteiger partial charge in [-0.3, -0.25) is 5.10 Å². The number of benzene rings is 1. The third-order valence-corrected chi connectivity index (χ3v) is 6.39. The maximum Gasteiger partial charge on any atom is 0.335 e. The van der Waals surface area contributed by atoms with E-state index in [1.165, 1.54) is 19.2 Å². The zero-order chi connectivity index (χ0) is 21.9. The third kappa shape index (κ3) is 2.85. The summed E-state index contributed by atoms with van der Waals surface area (Å²) in [4.78, 5) is 16.7. The molecule has 0 atom stereocenters. The van der Waals surface area contributed by atoms with Gasteiger partial charge in [0.2, 0.25) is 0 Å². The standard InChI is InChI=1S/C23H23FN4O3/c1-12(2)20-18(14-9-23(10-14,31-3)22(29)30)19-17(8-13-11-25-27-21(13)26-19)28(20)16-6-4-15(24)5-7-16/h4-8,11-12,14H,9-10H2,1-3H3,(H,29,30)(H,25,26,27)/t14-,23+. The number of halogens is 1. The minimum Gasteiger partial charge on any atom is -0.479 e. The van der Waals surface area contributed by atoms with E-state index in [1.807, 2.05) is 6.07 Å². The van der Waals surface area contributed by atoms with E-state index < -0.39 is 11.6 Å². The summed E-state index contributed by atoms with van der Waals surface area (Å²) in [6, 6.07) is 8.42. The highest BCUT2D eigenvalue weighted by Gasteiger charge is 2.53. The number of rotatable bonds is 5. The maximum absolute atomic E-state index is 13.6. The normalized spacial score (nSPS) is 21.1. The number of fused-ring (bicyclic) bond motifs is 2. The Morgan fingerprint density at radius 3 is 2.65 bits per heavy atom. The quantitative estimate of drug-likeness (QED) is 0.494. The van der Waals surface area contributed by atoms with Crippen LogP contribution in [-0.2, 0) is 9.53 Å². The molecule has 0 bridgehead atoms. The van der Waals surface area contributed by atoms with Crippen molar-refractivity contribution in [1.29, 1.82) is 0 Å². The first-order chi connectivity index (χ1) is 14.8. The molecule has 2 N–H and O–H groups in total. The van der Waals surface area contributed by atoms with Crippen LogP contribution in [0.1, 0.15) is 49.8 Å². The van der Waals surface area contributed by atoms with Gasteiger partial charge in [-0.1, -0.05) is 13.8 Å². The molecule has 0 saturated heterocycles. The smallest absolute Gasteiger partial charge is 0.335 e. The first kappa shape index (κ1) is 19.7. The second-order valence-electron chi connectivity index (χ2n) is 8.54. The number of hydrogen-bond acceptors (Lipinski definition) is 4. The number of aliphatic carboxylic acids is 1. The van der Waals surface area contributed by atoms with Crippen molar-refractivity contribution in [2.45, 2.75) is 44.1 Å². The molecule has 31 heavy (non-hydrogen) atoms. The Morgan fingerprint density at radius 1 is 1.32 bits per heavy atom.